The van der Waals surface area contributed by atoms with Crippen LogP contribution >= 0.6 is 0 Å². The number of aliphatic hydroxyl groups excluding tert-OH is 1. The number of carboxylic acid groups (broad SMARTS) is 1. The molecule has 1 aromatic rings. The second-order valence-corrected chi connectivity index (χ2v) is 3.92. The van der Waals surface area contributed by atoms with Gasteiger partial charge in [-0.3, -0.25) is 0 Å². The van der Waals surface area contributed by atoms with Crippen LogP contribution in [0.3, 0.4) is 0 Å². The number of nitrogens with one attached hydrogen (secondary N) is 1. The van der Waals surface area contributed by atoms with Crippen LogP contribution in [0.15, 0.2) is 24.3 Å². The Kier molecular flexibility index (Phi) is 6.18. The highest BCUT2D eigenvalue weighted by atomic mass is 16.5. The number of carbonyl (C=O) groups is 1. The van der Waals surface area contributed by atoms with Crippen molar-refractivity contribution in [2.75, 3.05) is 19.8 Å². The van der Waals surface area contributed by atoms with E-state index in [1.54, 1.807) is 12.1 Å². The molecular weight excluding hydrogens is 234 g/mol. The molecule has 5 nitrogen and oxygen atoms in total. The largest absolute Gasteiger partial charge is 0.492 e. The van der Waals surface area contributed by atoms with Gasteiger partial charge in [-0.05, 0) is 24.6 Å². The van der Waals surface area contributed by atoms with E-state index in [-0.39, 0.29) is 18.2 Å². The van der Waals surface area contributed by atoms with Crippen LogP contribution in [-0.2, 0) is 0 Å². The number of carboxylic acids is 1. The van der Waals surface area contributed by atoms with Gasteiger partial charge < -0.3 is 20.3 Å². The van der Waals surface area contributed by atoms with Gasteiger partial charge >= 0.3 is 5.97 Å². The van der Waals surface area contributed by atoms with Crippen molar-refractivity contribution in [2.45, 2.75) is 19.4 Å². The lowest BCUT2D eigenvalue weighted by molar-refractivity contribution is 0.0696. The Morgan fingerprint density at radius 3 is 2.89 bits per heavy atom. The van der Waals surface area contributed by atoms with Gasteiger partial charge in [0, 0.05) is 12.6 Å². The van der Waals surface area contributed by atoms with E-state index in [1.807, 2.05) is 6.92 Å². The number of aliphatic hydroxyl groups is 1. The Hall–Kier alpha value is -1.59. The molecule has 3 N–H and O–H groups in total. The van der Waals surface area contributed by atoms with Crippen LogP contribution in [0.4, 0.5) is 0 Å². The molecule has 0 radical (unpaired) electrons. The summed E-state index contributed by atoms with van der Waals surface area (Å²) in [6, 6.07) is 6.46. The van der Waals surface area contributed by atoms with E-state index in [0.29, 0.717) is 18.9 Å². The summed E-state index contributed by atoms with van der Waals surface area (Å²) in [5.41, 5.74) is 0.210. The van der Waals surface area contributed by atoms with Crippen LogP contribution in [0.5, 0.6) is 5.75 Å². The van der Waals surface area contributed by atoms with Gasteiger partial charge in [0.2, 0.25) is 0 Å². The molecule has 0 aliphatic heterocycles. The first-order valence-electron chi connectivity index (χ1n) is 5.97. The summed E-state index contributed by atoms with van der Waals surface area (Å²) in [4.78, 5) is 10.8. The molecule has 0 aliphatic carbocycles. The van der Waals surface area contributed by atoms with Gasteiger partial charge in [0.15, 0.2) is 0 Å². The lowest BCUT2D eigenvalue weighted by Gasteiger charge is -2.14. The molecule has 0 heterocycles. The highest BCUT2D eigenvalue weighted by Gasteiger charge is 2.05. The maximum Gasteiger partial charge on any atom is 0.335 e. The van der Waals surface area contributed by atoms with Gasteiger partial charge in [-0.1, -0.05) is 13.0 Å². The highest BCUT2D eigenvalue weighted by Crippen LogP contribution is 2.12. The van der Waals surface area contributed by atoms with Gasteiger partial charge in [0.05, 0.1) is 12.2 Å². The third-order valence-corrected chi connectivity index (χ3v) is 2.60. The van der Waals surface area contributed by atoms with Crippen LogP contribution in [0.2, 0.25) is 0 Å². The van der Waals surface area contributed by atoms with Crippen LogP contribution < -0.4 is 10.1 Å². The predicted octanol–water partition coefficient (Wildman–Crippen LogP) is 1.12. The summed E-state index contributed by atoms with van der Waals surface area (Å²) in [5.74, 6) is -0.432. The summed E-state index contributed by atoms with van der Waals surface area (Å²) in [5, 5.41) is 20.9. The number of aromatic carboxylic acids is 1. The van der Waals surface area contributed by atoms with Crippen LogP contribution in [0, 0.1) is 0 Å². The fourth-order valence-electron chi connectivity index (χ4n) is 1.49. The van der Waals surface area contributed by atoms with Crippen molar-refractivity contribution < 1.29 is 19.7 Å². The lowest BCUT2D eigenvalue weighted by Crippen LogP contribution is -2.34. The molecular formula is C13H19NO4. The monoisotopic (exact) mass is 253 g/mol. The van der Waals surface area contributed by atoms with Gasteiger partial charge in [0.1, 0.15) is 12.4 Å². The Labute approximate surface area is 106 Å². The van der Waals surface area contributed by atoms with Crippen molar-refractivity contribution in [3.63, 3.8) is 0 Å². The minimum atomic E-state index is -0.968. The van der Waals surface area contributed by atoms with Gasteiger partial charge in [-0.15, -0.1) is 0 Å². The summed E-state index contributed by atoms with van der Waals surface area (Å²) >= 11 is 0. The van der Waals surface area contributed by atoms with E-state index in [9.17, 15) is 4.79 Å². The number of hydrogen-bond acceptors (Lipinski definition) is 4. The normalized spacial score (nSPS) is 12.1. The van der Waals surface area contributed by atoms with E-state index < -0.39 is 5.97 Å². The zero-order valence-electron chi connectivity index (χ0n) is 10.4. The van der Waals surface area contributed by atoms with Crippen molar-refractivity contribution in [3.05, 3.63) is 29.8 Å². The lowest BCUT2D eigenvalue weighted by atomic mass is 10.2. The average Bonchev–Trinajstić information content (AvgIpc) is 2.39. The molecule has 0 fully saturated rings. The van der Waals surface area contributed by atoms with Gasteiger partial charge in [-0.2, -0.15) is 0 Å². The molecule has 0 aliphatic rings. The Balaban J connectivity index is 2.35. The summed E-state index contributed by atoms with van der Waals surface area (Å²) in [6.45, 7) is 3.13. The van der Waals surface area contributed by atoms with Gasteiger partial charge in [-0.25, -0.2) is 4.79 Å². The topological polar surface area (TPSA) is 78.8 Å². The quantitative estimate of drug-likeness (QED) is 0.605. The summed E-state index contributed by atoms with van der Waals surface area (Å²) in [6.07, 6.45) is 0.852. The van der Waals surface area contributed by atoms with E-state index >= 15 is 0 Å². The predicted molar refractivity (Wildman–Crippen MR) is 68.1 cm³/mol. The van der Waals surface area contributed by atoms with Crippen LogP contribution in [0.25, 0.3) is 0 Å². The van der Waals surface area contributed by atoms with Crippen LogP contribution in [-0.4, -0.2) is 42.0 Å². The number of hydrogen-bond donors (Lipinski definition) is 3. The number of rotatable bonds is 8. The van der Waals surface area contributed by atoms with E-state index in [4.69, 9.17) is 14.9 Å². The molecule has 0 saturated carbocycles. The van der Waals surface area contributed by atoms with Crippen LogP contribution in [0.1, 0.15) is 23.7 Å². The molecule has 5 heteroatoms. The van der Waals surface area contributed by atoms with Crippen molar-refractivity contribution in [2.24, 2.45) is 0 Å². The second-order valence-electron chi connectivity index (χ2n) is 3.92. The molecule has 1 unspecified atom stereocenters. The first kappa shape index (κ1) is 14.5. The van der Waals surface area contributed by atoms with Crippen molar-refractivity contribution in [3.8, 4) is 5.75 Å². The minimum Gasteiger partial charge on any atom is -0.492 e. The Bertz CT molecular complexity index is 377. The average molecular weight is 253 g/mol. The summed E-state index contributed by atoms with van der Waals surface area (Å²) in [7, 11) is 0. The molecule has 0 saturated heterocycles. The zero-order valence-corrected chi connectivity index (χ0v) is 10.4. The van der Waals surface area contributed by atoms with E-state index in [2.05, 4.69) is 5.32 Å². The molecule has 0 bridgehead atoms. The standard InChI is InChI=1S/C13H19NO4/c1-2-11(9-15)14-6-7-18-12-5-3-4-10(8-12)13(16)17/h3-5,8,11,14-15H,2,6-7,9H2,1H3,(H,16,17). The fourth-order valence-corrected chi connectivity index (χ4v) is 1.49. The minimum absolute atomic E-state index is 0.0824. The molecule has 0 spiro atoms. The third kappa shape index (κ3) is 4.73. The van der Waals surface area contributed by atoms with Crippen molar-refractivity contribution in [1.29, 1.82) is 0 Å². The molecule has 1 atom stereocenters. The smallest absolute Gasteiger partial charge is 0.335 e. The fraction of sp³-hybridized carbons (Fsp3) is 0.462. The van der Waals surface area contributed by atoms with Gasteiger partial charge in [0.25, 0.3) is 0 Å². The third-order valence-electron chi connectivity index (χ3n) is 2.60. The van der Waals surface area contributed by atoms with E-state index in [1.165, 1.54) is 12.1 Å². The molecule has 1 rings (SSSR count). The number of benzene rings is 1. The molecule has 0 aromatic heterocycles. The molecule has 1 aromatic carbocycles. The second kappa shape index (κ2) is 7.68. The zero-order chi connectivity index (χ0) is 13.4. The number of ether oxygens (including phenoxy) is 1. The molecule has 100 valence electrons. The van der Waals surface area contributed by atoms with E-state index in [0.717, 1.165) is 6.42 Å². The Morgan fingerprint density at radius 2 is 2.28 bits per heavy atom. The first-order chi connectivity index (χ1) is 8.67. The maximum atomic E-state index is 10.8. The molecule has 18 heavy (non-hydrogen) atoms. The molecule has 0 amide bonds. The van der Waals surface area contributed by atoms with Crippen molar-refractivity contribution >= 4 is 5.97 Å². The summed E-state index contributed by atoms with van der Waals surface area (Å²) < 4.78 is 5.43. The first-order valence-corrected chi connectivity index (χ1v) is 5.97. The van der Waals surface area contributed by atoms with Crippen molar-refractivity contribution in [1.82, 2.24) is 5.32 Å². The SMILES string of the molecule is CCC(CO)NCCOc1cccc(C(=O)O)c1. The Morgan fingerprint density at radius 1 is 1.50 bits per heavy atom. The highest BCUT2D eigenvalue weighted by molar-refractivity contribution is 5.87. The maximum absolute atomic E-state index is 10.8.